The van der Waals surface area contributed by atoms with Crippen molar-refractivity contribution in [2.24, 2.45) is 0 Å². The first-order chi connectivity index (χ1) is 7.77. The van der Waals surface area contributed by atoms with Crippen LogP contribution in [0.2, 0.25) is 0 Å². The average Bonchev–Trinajstić information content (AvgIpc) is 2.34. The van der Waals surface area contributed by atoms with Gasteiger partial charge in [-0.25, -0.2) is 0 Å². The molecule has 0 aliphatic heterocycles. The Bertz CT molecular complexity index is 435. The predicted molar refractivity (Wildman–Crippen MR) is 67.4 cm³/mol. The number of nitrogens with zero attached hydrogens (tertiary/aromatic N) is 1. The molecule has 0 unspecified atom stereocenters. The number of aromatic hydroxyl groups is 1. The van der Waals surface area contributed by atoms with Crippen molar-refractivity contribution in [2.45, 2.75) is 20.8 Å². The second-order valence-corrected chi connectivity index (χ2v) is 3.24. The summed E-state index contributed by atoms with van der Waals surface area (Å²) in [6, 6.07) is 11.1. The number of benzene rings is 1. The van der Waals surface area contributed by atoms with E-state index in [0.717, 1.165) is 16.8 Å². The second kappa shape index (κ2) is 5.91. The molecule has 84 valence electrons. The molecule has 1 aromatic carbocycles. The van der Waals surface area contributed by atoms with E-state index in [1.807, 2.05) is 45.0 Å². The molecule has 0 saturated carbocycles. The van der Waals surface area contributed by atoms with Crippen molar-refractivity contribution >= 4 is 0 Å². The fourth-order valence-corrected chi connectivity index (χ4v) is 1.32. The van der Waals surface area contributed by atoms with E-state index >= 15 is 0 Å². The molecule has 1 heterocycles. The van der Waals surface area contributed by atoms with Gasteiger partial charge in [-0.2, -0.15) is 0 Å². The summed E-state index contributed by atoms with van der Waals surface area (Å²) in [6.45, 7) is 5.99. The summed E-state index contributed by atoms with van der Waals surface area (Å²) in [4.78, 5) is 4.25. The van der Waals surface area contributed by atoms with Crippen LogP contribution in [-0.4, -0.2) is 10.1 Å². The Balaban J connectivity index is 0.000000606. The molecular weight excluding hydrogens is 198 g/mol. The quantitative estimate of drug-likeness (QED) is 0.785. The van der Waals surface area contributed by atoms with E-state index in [1.54, 1.807) is 18.3 Å². The monoisotopic (exact) mass is 215 g/mol. The Morgan fingerprint density at radius 2 is 1.69 bits per heavy atom. The van der Waals surface area contributed by atoms with Crippen LogP contribution in [0.1, 0.15) is 19.4 Å². The minimum absolute atomic E-state index is 0.267. The molecule has 0 atom stereocenters. The number of phenolic OH excluding ortho intramolecular Hbond substituents is 1. The maximum atomic E-state index is 9.59. The van der Waals surface area contributed by atoms with E-state index in [2.05, 4.69) is 4.98 Å². The highest BCUT2D eigenvalue weighted by Crippen LogP contribution is 2.26. The van der Waals surface area contributed by atoms with Crippen LogP contribution < -0.4 is 0 Å². The van der Waals surface area contributed by atoms with E-state index in [0.29, 0.717) is 0 Å². The summed E-state index contributed by atoms with van der Waals surface area (Å²) in [5, 5.41) is 9.59. The number of phenols is 1. The Morgan fingerprint density at radius 1 is 1.00 bits per heavy atom. The zero-order valence-electron chi connectivity index (χ0n) is 9.94. The summed E-state index contributed by atoms with van der Waals surface area (Å²) in [6.07, 6.45) is 1.79. The van der Waals surface area contributed by atoms with Gasteiger partial charge in [0.05, 0.1) is 5.69 Å². The smallest absolute Gasteiger partial charge is 0.124 e. The molecule has 1 aromatic heterocycles. The molecule has 0 spiro atoms. The number of aryl methyl sites for hydroxylation is 1. The van der Waals surface area contributed by atoms with Crippen LogP contribution in [0.25, 0.3) is 11.3 Å². The molecular formula is C14H17NO. The minimum atomic E-state index is 0.267. The third-order valence-electron chi connectivity index (χ3n) is 2.09. The molecule has 0 saturated heterocycles. The van der Waals surface area contributed by atoms with Gasteiger partial charge in [0.15, 0.2) is 0 Å². The van der Waals surface area contributed by atoms with Crippen molar-refractivity contribution in [3.05, 3.63) is 48.2 Å². The van der Waals surface area contributed by atoms with E-state index in [4.69, 9.17) is 0 Å². The Labute approximate surface area is 96.6 Å². The van der Waals surface area contributed by atoms with Crippen molar-refractivity contribution in [2.75, 3.05) is 0 Å². The Kier molecular flexibility index (Phi) is 4.52. The van der Waals surface area contributed by atoms with Gasteiger partial charge in [-0.3, -0.25) is 4.98 Å². The van der Waals surface area contributed by atoms with Crippen molar-refractivity contribution in [1.29, 1.82) is 0 Å². The van der Waals surface area contributed by atoms with Crippen LogP contribution in [0.5, 0.6) is 5.75 Å². The molecule has 1 N–H and O–H groups in total. The van der Waals surface area contributed by atoms with Crippen molar-refractivity contribution in [1.82, 2.24) is 4.98 Å². The molecule has 0 fully saturated rings. The first-order valence-electron chi connectivity index (χ1n) is 5.48. The van der Waals surface area contributed by atoms with Crippen LogP contribution in [0.15, 0.2) is 42.6 Å². The third-order valence-corrected chi connectivity index (χ3v) is 2.09. The van der Waals surface area contributed by atoms with Gasteiger partial charge >= 0.3 is 0 Å². The van der Waals surface area contributed by atoms with Crippen molar-refractivity contribution < 1.29 is 5.11 Å². The topological polar surface area (TPSA) is 33.1 Å². The molecule has 2 rings (SSSR count). The van der Waals surface area contributed by atoms with E-state index in [9.17, 15) is 5.11 Å². The Hall–Kier alpha value is -1.83. The van der Waals surface area contributed by atoms with Gasteiger partial charge in [0.1, 0.15) is 5.75 Å². The lowest BCUT2D eigenvalue weighted by Crippen LogP contribution is -1.84. The van der Waals surface area contributed by atoms with Crippen molar-refractivity contribution in [3.63, 3.8) is 0 Å². The van der Waals surface area contributed by atoms with Gasteiger partial charge < -0.3 is 5.11 Å². The molecule has 0 aliphatic rings. The number of hydrogen-bond donors (Lipinski definition) is 1. The highest BCUT2D eigenvalue weighted by Gasteiger charge is 2.02. The molecule has 0 radical (unpaired) electrons. The standard InChI is InChI=1S/C12H11NO.C2H6/c1-9-6-7-11(13-8-9)10-4-2-3-5-12(10)14;1-2/h2-8,14H,1H3;1-2H3. The molecule has 2 nitrogen and oxygen atoms in total. The van der Waals surface area contributed by atoms with Gasteiger partial charge in [0, 0.05) is 11.8 Å². The van der Waals surface area contributed by atoms with E-state index in [-0.39, 0.29) is 5.75 Å². The molecule has 2 aromatic rings. The first kappa shape index (κ1) is 12.2. The predicted octanol–water partition coefficient (Wildman–Crippen LogP) is 3.79. The summed E-state index contributed by atoms with van der Waals surface area (Å²) in [7, 11) is 0. The van der Waals surface area contributed by atoms with Crippen molar-refractivity contribution in [3.8, 4) is 17.0 Å². The van der Waals surface area contributed by atoms with Gasteiger partial charge in [-0.05, 0) is 30.7 Å². The molecule has 0 aliphatic carbocycles. The normalized spacial score (nSPS) is 9.19. The number of pyridine rings is 1. The average molecular weight is 215 g/mol. The van der Waals surface area contributed by atoms with Gasteiger partial charge in [0.25, 0.3) is 0 Å². The van der Waals surface area contributed by atoms with E-state index < -0.39 is 0 Å². The van der Waals surface area contributed by atoms with Crippen LogP contribution >= 0.6 is 0 Å². The lowest BCUT2D eigenvalue weighted by Gasteiger charge is -2.03. The van der Waals surface area contributed by atoms with Gasteiger partial charge in [-0.1, -0.05) is 32.0 Å². The zero-order chi connectivity index (χ0) is 12.0. The van der Waals surface area contributed by atoms with Crippen LogP contribution in [0.4, 0.5) is 0 Å². The molecule has 16 heavy (non-hydrogen) atoms. The fourth-order valence-electron chi connectivity index (χ4n) is 1.32. The maximum absolute atomic E-state index is 9.59. The lowest BCUT2D eigenvalue weighted by molar-refractivity contribution is 0.477. The third kappa shape index (κ3) is 2.83. The highest BCUT2D eigenvalue weighted by molar-refractivity contribution is 5.66. The summed E-state index contributed by atoms with van der Waals surface area (Å²) >= 11 is 0. The molecule has 0 bridgehead atoms. The SMILES string of the molecule is CC.Cc1ccc(-c2ccccc2O)nc1. The lowest BCUT2D eigenvalue weighted by atomic mass is 10.1. The number of hydrogen-bond acceptors (Lipinski definition) is 2. The van der Waals surface area contributed by atoms with Gasteiger partial charge in [-0.15, -0.1) is 0 Å². The minimum Gasteiger partial charge on any atom is -0.507 e. The van der Waals surface area contributed by atoms with Gasteiger partial charge in [0.2, 0.25) is 0 Å². The summed E-state index contributed by atoms with van der Waals surface area (Å²) < 4.78 is 0. The number of para-hydroxylation sites is 1. The van der Waals surface area contributed by atoms with Crippen LogP contribution in [-0.2, 0) is 0 Å². The number of aromatic nitrogens is 1. The number of rotatable bonds is 1. The largest absolute Gasteiger partial charge is 0.507 e. The highest BCUT2D eigenvalue weighted by atomic mass is 16.3. The van der Waals surface area contributed by atoms with Crippen LogP contribution in [0, 0.1) is 6.92 Å². The second-order valence-electron chi connectivity index (χ2n) is 3.24. The molecule has 0 amide bonds. The Morgan fingerprint density at radius 3 is 2.25 bits per heavy atom. The van der Waals surface area contributed by atoms with E-state index in [1.165, 1.54) is 0 Å². The zero-order valence-corrected chi connectivity index (χ0v) is 9.94. The van der Waals surface area contributed by atoms with Crippen LogP contribution in [0.3, 0.4) is 0 Å². The fraction of sp³-hybridized carbons (Fsp3) is 0.214. The molecule has 2 heteroatoms. The first-order valence-corrected chi connectivity index (χ1v) is 5.48. The summed E-state index contributed by atoms with van der Waals surface area (Å²) in [5.41, 5.74) is 2.69. The maximum Gasteiger partial charge on any atom is 0.124 e. The summed E-state index contributed by atoms with van der Waals surface area (Å²) in [5.74, 6) is 0.267.